The second-order valence-electron chi connectivity index (χ2n) is 7.42. The van der Waals surface area contributed by atoms with Gasteiger partial charge in [-0.2, -0.15) is 5.10 Å². The Bertz CT molecular complexity index is 1250. The van der Waals surface area contributed by atoms with E-state index in [9.17, 15) is 4.79 Å². The molecule has 3 heterocycles. The van der Waals surface area contributed by atoms with Crippen molar-refractivity contribution >= 4 is 22.4 Å². The molecule has 0 aliphatic heterocycles. The standard InChI is InChI=1S/C22H23N5O3S/c1-12-6-7-13(2)19(8-12)29-10-17-15(4)30-26-20(17)21(28)24-22-23-18(11-31-22)16-9-27(5)25-14(16)3/h6-9,11H,10H2,1-5H3,(H,23,24,28). The molecule has 0 aliphatic carbocycles. The summed E-state index contributed by atoms with van der Waals surface area (Å²) in [6, 6.07) is 6.00. The highest BCUT2D eigenvalue weighted by Gasteiger charge is 2.22. The molecule has 3 aromatic heterocycles. The number of anilines is 1. The molecule has 0 radical (unpaired) electrons. The fourth-order valence-electron chi connectivity index (χ4n) is 3.21. The Morgan fingerprint density at radius 1 is 1.26 bits per heavy atom. The number of benzene rings is 1. The van der Waals surface area contributed by atoms with Crippen LogP contribution in [0.5, 0.6) is 5.75 Å². The summed E-state index contributed by atoms with van der Waals surface area (Å²) in [7, 11) is 1.86. The van der Waals surface area contributed by atoms with E-state index >= 15 is 0 Å². The number of aromatic nitrogens is 4. The van der Waals surface area contributed by atoms with Crippen molar-refractivity contribution in [2.75, 3.05) is 5.32 Å². The van der Waals surface area contributed by atoms with Crippen LogP contribution in [0.25, 0.3) is 11.3 Å². The molecule has 1 N–H and O–H groups in total. The van der Waals surface area contributed by atoms with Gasteiger partial charge in [0.05, 0.1) is 17.0 Å². The third-order valence-corrected chi connectivity index (χ3v) is 5.69. The number of rotatable bonds is 6. The van der Waals surface area contributed by atoms with E-state index in [-0.39, 0.29) is 18.2 Å². The van der Waals surface area contributed by atoms with Gasteiger partial charge >= 0.3 is 0 Å². The Labute approximate surface area is 183 Å². The van der Waals surface area contributed by atoms with E-state index in [0.29, 0.717) is 16.5 Å². The van der Waals surface area contributed by atoms with Gasteiger partial charge in [0.1, 0.15) is 18.1 Å². The molecular formula is C22H23N5O3S. The van der Waals surface area contributed by atoms with Crippen LogP contribution in [0.3, 0.4) is 0 Å². The second kappa shape index (κ2) is 8.35. The highest BCUT2D eigenvalue weighted by atomic mass is 32.1. The first-order chi connectivity index (χ1) is 14.8. The Balaban J connectivity index is 1.50. The zero-order valence-electron chi connectivity index (χ0n) is 18.0. The molecular weight excluding hydrogens is 414 g/mol. The molecule has 0 fully saturated rings. The molecule has 0 aliphatic rings. The third kappa shape index (κ3) is 4.36. The summed E-state index contributed by atoms with van der Waals surface area (Å²) in [5, 5.41) is 13.5. The van der Waals surface area contributed by atoms with Crippen molar-refractivity contribution in [2.45, 2.75) is 34.3 Å². The predicted octanol–water partition coefficient (Wildman–Crippen LogP) is 4.60. The quantitative estimate of drug-likeness (QED) is 0.474. The molecule has 0 unspecified atom stereocenters. The van der Waals surface area contributed by atoms with Crippen LogP contribution in [0.15, 0.2) is 34.3 Å². The van der Waals surface area contributed by atoms with E-state index in [2.05, 4.69) is 20.6 Å². The molecule has 8 nitrogen and oxygen atoms in total. The molecule has 4 aromatic rings. The van der Waals surface area contributed by atoms with Gasteiger partial charge in [0.15, 0.2) is 10.8 Å². The Morgan fingerprint density at radius 3 is 2.81 bits per heavy atom. The van der Waals surface area contributed by atoms with Crippen molar-refractivity contribution < 1.29 is 14.1 Å². The summed E-state index contributed by atoms with van der Waals surface area (Å²) >= 11 is 1.34. The van der Waals surface area contributed by atoms with Crippen molar-refractivity contribution in [1.29, 1.82) is 0 Å². The number of carbonyl (C=O) groups excluding carboxylic acids is 1. The number of aryl methyl sites for hydroxylation is 5. The SMILES string of the molecule is Cc1ccc(C)c(OCc2c(C(=O)Nc3nc(-c4cn(C)nc4C)cs3)noc2C)c1. The van der Waals surface area contributed by atoms with Crippen LogP contribution in [0.1, 0.15) is 38.6 Å². The number of ether oxygens (including phenoxy) is 1. The second-order valence-corrected chi connectivity index (χ2v) is 8.28. The van der Waals surface area contributed by atoms with Gasteiger partial charge in [-0.25, -0.2) is 4.98 Å². The number of hydrogen-bond acceptors (Lipinski definition) is 7. The van der Waals surface area contributed by atoms with Gasteiger partial charge in [-0.15, -0.1) is 11.3 Å². The van der Waals surface area contributed by atoms with Gasteiger partial charge in [0, 0.05) is 24.2 Å². The van der Waals surface area contributed by atoms with Crippen LogP contribution in [-0.4, -0.2) is 25.8 Å². The minimum Gasteiger partial charge on any atom is -0.488 e. The Morgan fingerprint density at radius 2 is 2.06 bits per heavy atom. The lowest BCUT2D eigenvalue weighted by molar-refractivity contribution is 0.101. The lowest BCUT2D eigenvalue weighted by Crippen LogP contribution is -2.15. The summed E-state index contributed by atoms with van der Waals surface area (Å²) in [5.74, 6) is 0.921. The maximum atomic E-state index is 12.9. The normalized spacial score (nSPS) is 11.0. The number of nitrogens with zero attached hydrogens (tertiary/aromatic N) is 4. The van der Waals surface area contributed by atoms with Gasteiger partial charge in [0.2, 0.25) is 0 Å². The van der Waals surface area contributed by atoms with Crippen molar-refractivity contribution in [2.24, 2.45) is 7.05 Å². The molecule has 0 spiro atoms. The molecule has 0 atom stereocenters. The first kappa shape index (κ1) is 20.8. The van der Waals surface area contributed by atoms with Crippen molar-refractivity contribution in [1.82, 2.24) is 19.9 Å². The maximum Gasteiger partial charge on any atom is 0.280 e. The molecule has 1 aromatic carbocycles. The fraction of sp³-hybridized carbons (Fsp3) is 0.273. The summed E-state index contributed by atoms with van der Waals surface area (Å²) in [4.78, 5) is 17.4. The molecule has 9 heteroatoms. The minimum absolute atomic E-state index is 0.181. The number of carbonyl (C=O) groups is 1. The van der Waals surface area contributed by atoms with Crippen LogP contribution in [0, 0.1) is 27.7 Å². The van der Waals surface area contributed by atoms with Crippen LogP contribution in [0.4, 0.5) is 5.13 Å². The number of thiazole rings is 1. The molecule has 1 amide bonds. The third-order valence-electron chi connectivity index (χ3n) is 4.93. The van der Waals surface area contributed by atoms with Crippen LogP contribution in [-0.2, 0) is 13.7 Å². The van der Waals surface area contributed by atoms with Gasteiger partial charge in [-0.05, 0) is 44.9 Å². The van der Waals surface area contributed by atoms with Crippen LogP contribution >= 0.6 is 11.3 Å². The largest absolute Gasteiger partial charge is 0.488 e. The van der Waals surface area contributed by atoms with Gasteiger partial charge in [-0.3, -0.25) is 14.8 Å². The van der Waals surface area contributed by atoms with E-state index in [0.717, 1.165) is 33.8 Å². The van der Waals surface area contributed by atoms with E-state index in [1.54, 1.807) is 11.6 Å². The molecule has 160 valence electrons. The fourth-order valence-corrected chi connectivity index (χ4v) is 3.92. The van der Waals surface area contributed by atoms with E-state index in [1.807, 2.05) is 57.6 Å². The number of amides is 1. The lowest BCUT2D eigenvalue weighted by atomic mass is 10.1. The summed E-state index contributed by atoms with van der Waals surface area (Å²) in [6.45, 7) is 7.85. The average molecular weight is 438 g/mol. The molecule has 4 rings (SSSR count). The van der Waals surface area contributed by atoms with Crippen molar-refractivity contribution in [3.63, 3.8) is 0 Å². The smallest absolute Gasteiger partial charge is 0.280 e. The molecule has 0 saturated heterocycles. The minimum atomic E-state index is -0.389. The summed E-state index contributed by atoms with van der Waals surface area (Å²) in [5.41, 5.74) is 5.50. The number of hydrogen-bond donors (Lipinski definition) is 1. The summed E-state index contributed by atoms with van der Waals surface area (Å²) in [6.07, 6.45) is 1.90. The lowest BCUT2D eigenvalue weighted by Gasteiger charge is -2.10. The Hall–Kier alpha value is -3.46. The number of nitrogens with one attached hydrogen (secondary N) is 1. The molecule has 31 heavy (non-hydrogen) atoms. The monoisotopic (exact) mass is 437 g/mol. The van der Waals surface area contributed by atoms with E-state index in [1.165, 1.54) is 11.3 Å². The van der Waals surface area contributed by atoms with Crippen molar-refractivity contribution in [3.05, 3.63) is 63.6 Å². The first-order valence-corrected chi connectivity index (χ1v) is 10.6. The van der Waals surface area contributed by atoms with Gasteiger partial charge in [-0.1, -0.05) is 17.3 Å². The van der Waals surface area contributed by atoms with Gasteiger partial charge < -0.3 is 9.26 Å². The summed E-state index contributed by atoms with van der Waals surface area (Å²) < 4.78 is 13.0. The van der Waals surface area contributed by atoms with Crippen LogP contribution in [0.2, 0.25) is 0 Å². The Kier molecular flexibility index (Phi) is 5.60. The van der Waals surface area contributed by atoms with E-state index < -0.39 is 0 Å². The van der Waals surface area contributed by atoms with Crippen LogP contribution < -0.4 is 10.1 Å². The van der Waals surface area contributed by atoms with E-state index in [4.69, 9.17) is 9.26 Å². The maximum absolute atomic E-state index is 12.9. The molecule has 0 saturated carbocycles. The zero-order chi connectivity index (χ0) is 22.1. The first-order valence-electron chi connectivity index (χ1n) is 9.74. The average Bonchev–Trinajstić information content (AvgIpc) is 3.41. The highest BCUT2D eigenvalue weighted by molar-refractivity contribution is 7.14. The predicted molar refractivity (Wildman–Crippen MR) is 118 cm³/mol. The topological polar surface area (TPSA) is 95.1 Å². The highest BCUT2D eigenvalue weighted by Crippen LogP contribution is 2.28. The van der Waals surface area contributed by atoms with Crippen molar-refractivity contribution in [3.8, 4) is 17.0 Å². The van der Waals surface area contributed by atoms with Gasteiger partial charge in [0.25, 0.3) is 5.91 Å². The molecule has 0 bridgehead atoms. The zero-order valence-corrected chi connectivity index (χ0v) is 18.8.